The smallest absolute Gasteiger partial charge is 0.123 e. The van der Waals surface area contributed by atoms with Gasteiger partial charge in [0, 0.05) is 26.2 Å². The highest BCUT2D eigenvalue weighted by Gasteiger charge is 2.22. The lowest BCUT2D eigenvalue weighted by molar-refractivity contribution is 0.207. The standard InChI is InChI=1S/C14H19N3O/c1-10-7-12(8-11(2)14(10)18)13(9-15)17-5-3-16-4-6-17/h7-8,13,16,18H,3-6H2,1-2H3. The quantitative estimate of drug-likeness (QED) is 0.828. The van der Waals surface area contributed by atoms with Gasteiger partial charge in [-0.05, 0) is 42.7 Å². The Morgan fingerprint density at radius 1 is 1.28 bits per heavy atom. The number of hydrogen-bond donors (Lipinski definition) is 2. The average molecular weight is 245 g/mol. The zero-order valence-corrected chi connectivity index (χ0v) is 10.9. The minimum absolute atomic E-state index is 0.218. The normalized spacial score (nSPS) is 18.3. The maximum Gasteiger partial charge on any atom is 0.123 e. The van der Waals surface area contributed by atoms with Crippen molar-refractivity contribution in [3.63, 3.8) is 0 Å². The monoisotopic (exact) mass is 245 g/mol. The number of aryl methyl sites for hydroxylation is 2. The molecule has 1 heterocycles. The highest BCUT2D eigenvalue weighted by molar-refractivity contribution is 5.44. The van der Waals surface area contributed by atoms with Crippen LogP contribution in [-0.4, -0.2) is 36.2 Å². The van der Waals surface area contributed by atoms with E-state index in [1.54, 1.807) is 0 Å². The van der Waals surface area contributed by atoms with Crippen LogP contribution < -0.4 is 5.32 Å². The number of aromatic hydroxyl groups is 1. The van der Waals surface area contributed by atoms with Crippen molar-refractivity contribution in [2.45, 2.75) is 19.9 Å². The summed E-state index contributed by atoms with van der Waals surface area (Å²) in [5.41, 5.74) is 2.65. The number of phenols is 1. The van der Waals surface area contributed by atoms with E-state index >= 15 is 0 Å². The third-order valence-electron chi connectivity index (χ3n) is 3.47. The number of piperazine rings is 1. The zero-order valence-electron chi connectivity index (χ0n) is 10.9. The lowest BCUT2D eigenvalue weighted by atomic mass is 9.99. The minimum atomic E-state index is -0.218. The SMILES string of the molecule is Cc1cc(C(C#N)N2CCNCC2)cc(C)c1O. The van der Waals surface area contributed by atoms with Crippen LogP contribution in [0, 0.1) is 25.2 Å². The second-order valence-electron chi connectivity index (χ2n) is 4.82. The molecule has 1 saturated heterocycles. The van der Waals surface area contributed by atoms with Gasteiger partial charge >= 0.3 is 0 Å². The van der Waals surface area contributed by atoms with E-state index in [4.69, 9.17) is 0 Å². The highest BCUT2D eigenvalue weighted by atomic mass is 16.3. The van der Waals surface area contributed by atoms with Crippen LogP contribution in [0.25, 0.3) is 0 Å². The number of rotatable bonds is 2. The van der Waals surface area contributed by atoms with E-state index in [1.165, 1.54) is 0 Å². The van der Waals surface area contributed by atoms with Crippen molar-refractivity contribution >= 4 is 0 Å². The van der Waals surface area contributed by atoms with E-state index in [1.807, 2.05) is 26.0 Å². The number of hydrogen-bond acceptors (Lipinski definition) is 4. The Kier molecular flexibility index (Phi) is 3.85. The molecule has 1 fully saturated rings. The predicted octanol–water partition coefficient (Wildman–Crippen LogP) is 1.48. The molecule has 0 amide bonds. The number of benzene rings is 1. The average Bonchev–Trinajstić information content (AvgIpc) is 2.38. The Labute approximate surface area is 108 Å². The number of nitrogens with zero attached hydrogens (tertiary/aromatic N) is 2. The molecule has 0 aliphatic carbocycles. The van der Waals surface area contributed by atoms with Gasteiger partial charge in [-0.2, -0.15) is 5.26 Å². The molecule has 0 aromatic heterocycles. The molecule has 4 heteroatoms. The molecular formula is C14H19N3O. The van der Waals surface area contributed by atoms with Crippen molar-refractivity contribution in [1.29, 1.82) is 5.26 Å². The first-order valence-corrected chi connectivity index (χ1v) is 6.28. The summed E-state index contributed by atoms with van der Waals surface area (Å²) < 4.78 is 0. The van der Waals surface area contributed by atoms with E-state index in [0.717, 1.165) is 42.9 Å². The second kappa shape index (κ2) is 5.38. The number of nitrogens with one attached hydrogen (secondary N) is 1. The molecule has 1 aromatic rings. The van der Waals surface area contributed by atoms with Crippen LogP contribution in [0.4, 0.5) is 0 Å². The summed E-state index contributed by atoms with van der Waals surface area (Å²) in [6.07, 6.45) is 0. The van der Waals surface area contributed by atoms with Gasteiger partial charge in [-0.15, -0.1) is 0 Å². The molecule has 0 spiro atoms. The lowest BCUT2D eigenvalue weighted by Crippen LogP contribution is -2.44. The molecule has 1 unspecified atom stereocenters. The van der Waals surface area contributed by atoms with Gasteiger partial charge in [0.25, 0.3) is 0 Å². The minimum Gasteiger partial charge on any atom is -0.507 e. The molecule has 0 saturated carbocycles. The molecule has 2 N–H and O–H groups in total. The molecule has 4 nitrogen and oxygen atoms in total. The largest absolute Gasteiger partial charge is 0.507 e. The lowest BCUT2D eigenvalue weighted by Gasteiger charge is -2.31. The molecule has 1 aliphatic rings. The summed E-state index contributed by atoms with van der Waals surface area (Å²) in [7, 11) is 0. The van der Waals surface area contributed by atoms with Crippen molar-refractivity contribution in [2.24, 2.45) is 0 Å². The molecule has 1 atom stereocenters. The van der Waals surface area contributed by atoms with Crippen molar-refractivity contribution < 1.29 is 5.11 Å². The van der Waals surface area contributed by atoms with Gasteiger partial charge < -0.3 is 10.4 Å². The molecule has 2 rings (SSSR count). The van der Waals surface area contributed by atoms with Crippen LogP contribution in [0.1, 0.15) is 22.7 Å². The summed E-state index contributed by atoms with van der Waals surface area (Å²) in [5.74, 6) is 0.329. The van der Waals surface area contributed by atoms with Gasteiger partial charge in [0.05, 0.1) is 6.07 Å². The Balaban J connectivity index is 2.30. The van der Waals surface area contributed by atoms with Crippen LogP contribution >= 0.6 is 0 Å². The molecule has 1 aromatic carbocycles. The summed E-state index contributed by atoms with van der Waals surface area (Å²) in [6, 6.07) is 5.99. The summed E-state index contributed by atoms with van der Waals surface area (Å²) >= 11 is 0. The van der Waals surface area contributed by atoms with Gasteiger partial charge in [-0.25, -0.2) is 0 Å². The maximum absolute atomic E-state index is 9.79. The van der Waals surface area contributed by atoms with E-state index in [9.17, 15) is 10.4 Å². The third-order valence-corrected chi connectivity index (χ3v) is 3.47. The topological polar surface area (TPSA) is 59.3 Å². The first-order valence-electron chi connectivity index (χ1n) is 6.28. The third kappa shape index (κ3) is 2.47. The van der Waals surface area contributed by atoms with E-state index in [0.29, 0.717) is 5.75 Å². The Morgan fingerprint density at radius 2 is 1.83 bits per heavy atom. The summed E-state index contributed by atoms with van der Waals surface area (Å²) in [6.45, 7) is 7.37. The van der Waals surface area contributed by atoms with E-state index in [-0.39, 0.29) is 6.04 Å². The summed E-state index contributed by atoms with van der Waals surface area (Å²) in [5, 5.41) is 22.5. The van der Waals surface area contributed by atoms with Gasteiger partial charge in [0.2, 0.25) is 0 Å². The van der Waals surface area contributed by atoms with Crippen LogP contribution in [0.15, 0.2) is 12.1 Å². The fourth-order valence-electron chi connectivity index (χ4n) is 2.45. The fraction of sp³-hybridized carbons (Fsp3) is 0.500. The fourth-order valence-corrected chi connectivity index (χ4v) is 2.45. The van der Waals surface area contributed by atoms with E-state index in [2.05, 4.69) is 16.3 Å². The Hall–Kier alpha value is -1.57. The Bertz CT molecular complexity index is 449. The predicted molar refractivity (Wildman–Crippen MR) is 70.4 cm³/mol. The number of phenolic OH excluding ortho intramolecular Hbond substituents is 1. The van der Waals surface area contributed by atoms with Gasteiger partial charge in [0.15, 0.2) is 0 Å². The van der Waals surface area contributed by atoms with E-state index < -0.39 is 0 Å². The van der Waals surface area contributed by atoms with Crippen LogP contribution in [0.5, 0.6) is 5.75 Å². The maximum atomic E-state index is 9.79. The summed E-state index contributed by atoms with van der Waals surface area (Å²) in [4.78, 5) is 2.18. The van der Waals surface area contributed by atoms with Crippen molar-refractivity contribution in [1.82, 2.24) is 10.2 Å². The van der Waals surface area contributed by atoms with Crippen molar-refractivity contribution in [3.8, 4) is 11.8 Å². The Morgan fingerprint density at radius 3 is 2.33 bits per heavy atom. The highest BCUT2D eigenvalue weighted by Crippen LogP contribution is 2.28. The molecule has 0 radical (unpaired) electrons. The first kappa shape index (κ1) is 12.9. The van der Waals surface area contributed by atoms with Gasteiger partial charge in [-0.3, -0.25) is 4.90 Å². The molecule has 0 bridgehead atoms. The molecular weight excluding hydrogens is 226 g/mol. The number of nitriles is 1. The van der Waals surface area contributed by atoms with Crippen molar-refractivity contribution in [2.75, 3.05) is 26.2 Å². The molecule has 1 aliphatic heterocycles. The molecule has 18 heavy (non-hydrogen) atoms. The first-order chi connectivity index (χ1) is 8.63. The molecule has 96 valence electrons. The zero-order chi connectivity index (χ0) is 13.1. The van der Waals surface area contributed by atoms with Gasteiger partial charge in [0.1, 0.15) is 11.8 Å². The van der Waals surface area contributed by atoms with Crippen molar-refractivity contribution in [3.05, 3.63) is 28.8 Å². The van der Waals surface area contributed by atoms with Crippen LogP contribution in [0.2, 0.25) is 0 Å². The van der Waals surface area contributed by atoms with Crippen LogP contribution in [0.3, 0.4) is 0 Å². The van der Waals surface area contributed by atoms with Crippen LogP contribution in [-0.2, 0) is 0 Å². The van der Waals surface area contributed by atoms with Gasteiger partial charge in [-0.1, -0.05) is 0 Å². The second-order valence-corrected chi connectivity index (χ2v) is 4.82.